The summed E-state index contributed by atoms with van der Waals surface area (Å²) in [4.78, 5) is 12.9. The van der Waals surface area contributed by atoms with Gasteiger partial charge in [0.1, 0.15) is 24.4 Å². The van der Waals surface area contributed by atoms with E-state index in [-0.39, 0.29) is 18.9 Å². The van der Waals surface area contributed by atoms with Gasteiger partial charge in [0.15, 0.2) is 6.29 Å². The van der Waals surface area contributed by atoms with Gasteiger partial charge >= 0.3 is 0 Å². The van der Waals surface area contributed by atoms with Gasteiger partial charge in [0, 0.05) is 6.42 Å². The molecule has 0 bridgehead atoms. The molecule has 1 aliphatic rings. The molecule has 0 saturated carbocycles. The first-order chi connectivity index (χ1) is 26.3. The first kappa shape index (κ1) is 49.6. The molecule has 9 nitrogen and oxygen atoms in total. The molecule has 9 heteroatoms. The molecule has 7 unspecified atom stereocenters. The van der Waals surface area contributed by atoms with Gasteiger partial charge in [0.05, 0.1) is 25.4 Å². The average molecular weight is 760 g/mol. The quantitative estimate of drug-likeness (QED) is 0.0290. The minimum Gasteiger partial charge on any atom is -0.394 e. The van der Waals surface area contributed by atoms with Crippen molar-refractivity contribution in [3.8, 4) is 0 Å². The summed E-state index contributed by atoms with van der Waals surface area (Å²) in [7, 11) is 0. The summed E-state index contributed by atoms with van der Waals surface area (Å²) in [6, 6.07) is -0.861. The normalized spacial score (nSPS) is 22.2. The van der Waals surface area contributed by atoms with E-state index in [1.165, 1.54) is 77.0 Å². The van der Waals surface area contributed by atoms with E-state index in [0.717, 1.165) is 44.9 Å². The Balaban J connectivity index is 2.48. The third kappa shape index (κ3) is 25.7. The molecule has 1 rings (SSSR count). The lowest BCUT2D eigenvalue weighted by atomic mass is 9.99. The van der Waals surface area contributed by atoms with Crippen LogP contribution in [0.1, 0.15) is 149 Å². The Bertz CT molecular complexity index is 1070. The van der Waals surface area contributed by atoms with Crippen LogP contribution in [0.15, 0.2) is 72.9 Å². The van der Waals surface area contributed by atoms with E-state index in [1.54, 1.807) is 6.08 Å². The molecule has 1 amide bonds. The topological polar surface area (TPSA) is 149 Å². The van der Waals surface area contributed by atoms with Crippen molar-refractivity contribution in [2.75, 3.05) is 13.2 Å². The minimum atomic E-state index is -1.59. The number of ether oxygens (including phenoxy) is 2. The third-order valence-corrected chi connectivity index (χ3v) is 9.53. The fourth-order valence-corrected chi connectivity index (χ4v) is 6.12. The maximum atomic E-state index is 12.9. The van der Waals surface area contributed by atoms with Crippen molar-refractivity contribution in [1.29, 1.82) is 0 Å². The molecule has 0 radical (unpaired) electrons. The van der Waals surface area contributed by atoms with Crippen molar-refractivity contribution < 1.29 is 39.8 Å². The van der Waals surface area contributed by atoms with Crippen LogP contribution in [0, 0.1) is 0 Å². The number of carbonyl (C=O) groups is 1. The van der Waals surface area contributed by atoms with E-state index in [9.17, 15) is 30.3 Å². The van der Waals surface area contributed by atoms with Crippen LogP contribution < -0.4 is 5.32 Å². The molecule has 7 atom stereocenters. The number of aliphatic hydroxyl groups excluding tert-OH is 5. The predicted octanol–water partition coefficient (Wildman–Crippen LogP) is 8.22. The zero-order chi connectivity index (χ0) is 39.5. The van der Waals surface area contributed by atoms with Crippen LogP contribution in [0.3, 0.4) is 0 Å². The molecular weight excluding hydrogens is 682 g/mol. The van der Waals surface area contributed by atoms with Crippen LogP contribution in [-0.4, -0.2) is 87.5 Å². The predicted molar refractivity (Wildman–Crippen MR) is 221 cm³/mol. The molecule has 1 saturated heterocycles. The van der Waals surface area contributed by atoms with Gasteiger partial charge in [-0.3, -0.25) is 4.79 Å². The minimum absolute atomic E-state index is 0.213. The fraction of sp³-hybridized carbons (Fsp3) is 0.711. The van der Waals surface area contributed by atoms with Gasteiger partial charge in [0.2, 0.25) is 5.91 Å². The molecule has 1 aliphatic heterocycles. The molecule has 310 valence electrons. The van der Waals surface area contributed by atoms with Crippen molar-refractivity contribution in [2.45, 2.75) is 192 Å². The maximum Gasteiger partial charge on any atom is 0.220 e. The molecule has 1 fully saturated rings. The van der Waals surface area contributed by atoms with Gasteiger partial charge in [-0.25, -0.2) is 0 Å². The van der Waals surface area contributed by atoms with Gasteiger partial charge in [0.25, 0.3) is 0 Å². The van der Waals surface area contributed by atoms with E-state index in [2.05, 4.69) is 67.8 Å². The summed E-state index contributed by atoms with van der Waals surface area (Å²) < 4.78 is 11.1. The highest BCUT2D eigenvalue weighted by Crippen LogP contribution is 2.22. The zero-order valence-electron chi connectivity index (χ0n) is 33.7. The lowest BCUT2D eigenvalue weighted by molar-refractivity contribution is -0.302. The number of carbonyl (C=O) groups excluding carboxylic acids is 1. The Hall–Kier alpha value is -2.37. The van der Waals surface area contributed by atoms with Crippen LogP contribution in [0.5, 0.6) is 0 Å². The van der Waals surface area contributed by atoms with Crippen molar-refractivity contribution in [1.82, 2.24) is 5.32 Å². The first-order valence-electron chi connectivity index (χ1n) is 21.2. The molecule has 54 heavy (non-hydrogen) atoms. The Morgan fingerprint density at radius 1 is 0.648 bits per heavy atom. The number of nitrogens with one attached hydrogen (secondary N) is 1. The number of aliphatic hydroxyl groups is 5. The number of amides is 1. The lowest BCUT2D eigenvalue weighted by Crippen LogP contribution is -2.60. The Morgan fingerprint density at radius 2 is 1.17 bits per heavy atom. The summed E-state index contributed by atoms with van der Waals surface area (Å²) in [5, 5.41) is 53.9. The molecule has 1 heterocycles. The van der Waals surface area contributed by atoms with Gasteiger partial charge in [-0.15, -0.1) is 0 Å². The van der Waals surface area contributed by atoms with E-state index in [0.29, 0.717) is 6.42 Å². The summed E-state index contributed by atoms with van der Waals surface area (Å²) >= 11 is 0. The van der Waals surface area contributed by atoms with Crippen molar-refractivity contribution >= 4 is 5.91 Å². The van der Waals surface area contributed by atoms with Gasteiger partial charge < -0.3 is 40.3 Å². The average Bonchev–Trinajstić information content (AvgIpc) is 3.17. The van der Waals surface area contributed by atoms with Crippen molar-refractivity contribution in [3.63, 3.8) is 0 Å². The fourth-order valence-electron chi connectivity index (χ4n) is 6.12. The number of unbranched alkanes of at least 4 members (excludes halogenated alkanes) is 13. The summed E-state index contributed by atoms with van der Waals surface area (Å²) in [6.07, 6.45) is 39.6. The number of hydrogen-bond donors (Lipinski definition) is 6. The van der Waals surface area contributed by atoms with Gasteiger partial charge in [-0.1, -0.05) is 157 Å². The monoisotopic (exact) mass is 760 g/mol. The molecule has 0 aliphatic carbocycles. The first-order valence-corrected chi connectivity index (χ1v) is 21.2. The van der Waals surface area contributed by atoms with E-state index >= 15 is 0 Å². The summed E-state index contributed by atoms with van der Waals surface area (Å²) in [5.74, 6) is -0.270. The van der Waals surface area contributed by atoms with Crippen molar-refractivity contribution in [2.24, 2.45) is 0 Å². The number of hydrogen-bond acceptors (Lipinski definition) is 8. The Morgan fingerprint density at radius 3 is 1.76 bits per heavy atom. The molecule has 0 aromatic carbocycles. The molecular formula is C45H77NO8. The second-order valence-electron chi connectivity index (χ2n) is 14.4. The summed E-state index contributed by atoms with van der Waals surface area (Å²) in [6.45, 7) is 3.57. The second kappa shape index (κ2) is 35.1. The molecule has 6 N–H and O–H groups in total. The highest BCUT2D eigenvalue weighted by atomic mass is 16.7. The van der Waals surface area contributed by atoms with Crippen LogP contribution in [0.2, 0.25) is 0 Å². The zero-order valence-corrected chi connectivity index (χ0v) is 33.7. The summed E-state index contributed by atoms with van der Waals surface area (Å²) in [5.41, 5.74) is 0. The Labute approximate surface area is 328 Å². The Kier molecular flexibility index (Phi) is 32.2. The van der Waals surface area contributed by atoms with Crippen LogP contribution in [-0.2, 0) is 14.3 Å². The lowest BCUT2D eigenvalue weighted by Gasteiger charge is -2.40. The van der Waals surface area contributed by atoms with Crippen LogP contribution >= 0.6 is 0 Å². The number of rotatable bonds is 33. The third-order valence-electron chi connectivity index (χ3n) is 9.53. The largest absolute Gasteiger partial charge is 0.394 e. The van der Waals surface area contributed by atoms with E-state index in [1.807, 2.05) is 18.2 Å². The smallest absolute Gasteiger partial charge is 0.220 e. The van der Waals surface area contributed by atoms with Gasteiger partial charge in [-0.2, -0.15) is 0 Å². The van der Waals surface area contributed by atoms with Gasteiger partial charge in [-0.05, 0) is 57.8 Å². The number of allylic oxidation sites excluding steroid dienone is 11. The van der Waals surface area contributed by atoms with E-state index < -0.39 is 49.5 Å². The molecule has 0 spiro atoms. The van der Waals surface area contributed by atoms with Crippen LogP contribution in [0.25, 0.3) is 0 Å². The maximum absolute atomic E-state index is 12.9. The van der Waals surface area contributed by atoms with Crippen LogP contribution in [0.4, 0.5) is 0 Å². The molecule has 0 aromatic rings. The SMILES string of the molecule is CC/C=C\C/C=C\C/C=C\C/C=C\CCC(=O)NC(COC1OC(CO)C(O)C(O)C1O)C(O)/C=C/CC/C=C/CCCCCCCCCCCCCC. The highest BCUT2D eigenvalue weighted by molar-refractivity contribution is 5.76. The standard InChI is InChI=1S/C45H77NO8/c1-3-5-7-9-11-13-15-17-18-19-20-21-23-24-26-28-30-32-34-39(48)38(37-53-45-44(52)43(51)42(50)40(36-47)54-45)46-41(49)35-33-31-29-27-25-22-16-14-12-10-8-6-4-2/h6,8,12,14,22,24-26,29,31-32,34,38-40,42-45,47-48,50-52H,3-5,7,9-11,13,15-21,23,27-28,30,33,35-37H2,1-2H3,(H,46,49)/b8-6-,14-12-,25-22-,26-24+,31-29-,34-32+. The van der Waals surface area contributed by atoms with Crippen molar-refractivity contribution in [3.05, 3.63) is 72.9 Å². The second-order valence-corrected chi connectivity index (χ2v) is 14.4. The highest BCUT2D eigenvalue weighted by Gasteiger charge is 2.44. The molecule has 0 aromatic heterocycles. The van der Waals surface area contributed by atoms with E-state index in [4.69, 9.17) is 9.47 Å².